The summed E-state index contributed by atoms with van der Waals surface area (Å²) in [6.45, 7) is 2.76. The van der Waals surface area contributed by atoms with Crippen LogP contribution in [0.3, 0.4) is 0 Å². The highest BCUT2D eigenvalue weighted by molar-refractivity contribution is 5.87. The average molecular weight is 248 g/mol. The molecular formula is C11H12N4O3. The van der Waals surface area contributed by atoms with Gasteiger partial charge in [-0.2, -0.15) is 5.10 Å². The topological polar surface area (TPSA) is 90.0 Å². The summed E-state index contributed by atoms with van der Waals surface area (Å²) in [4.78, 5) is 26.5. The summed E-state index contributed by atoms with van der Waals surface area (Å²) in [6, 6.07) is 2.52. The first-order valence-electron chi connectivity index (χ1n) is 5.42. The number of pyridine rings is 1. The lowest BCUT2D eigenvalue weighted by molar-refractivity contribution is 0.0696. The van der Waals surface area contributed by atoms with Crippen LogP contribution in [0.4, 0.5) is 0 Å². The summed E-state index contributed by atoms with van der Waals surface area (Å²) in [7, 11) is 0. The highest BCUT2D eigenvalue weighted by atomic mass is 16.4. The number of carbonyl (C=O) groups is 1. The summed E-state index contributed by atoms with van der Waals surface area (Å²) in [5.74, 6) is -0.456. The third kappa shape index (κ3) is 2.29. The Morgan fingerprint density at radius 3 is 2.89 bits per heavy atom. The van der Waals surface area contributed by atoms with E-state index in [-0.39, 0.29) is 17.7 Å². The monoisotopic (exact) mass is 248 g/mol. The fourth-order valence-electron chi connectivity index (χ4n) is 1.61. The molecule has 0 saturated carbocycles. The molecule has 7 nitrogen and oxygen atoms in total. The van der Waals surface area contributed by atoms with Crippen LogP contribution < -0.4 is 5.56 Å². The van der Waals surface area contributed by atoms with Crippen LogP contribution in [0.25, 0.3) is 0 Å². The molecule has 0 saturated heterocycles. The van der Waals surface area contributed by atoms with Gasteiger partial charge in [0, 0.05) is 18.8 Å². The summed E-state index contributed by atoms with van der Waals surface area (Å²) in [6.07, 6.45) is 2.71. The Labute approximate surface area is 102 Å². The van der Waals surface area contributed by atoms with Crippen molar-refractivity contribution >= 4 is 5.97 Å². The molecule has 0 aromatic carbocycles. The molecule has 0 spiro atoms. The first-order chi connectivity index (χ1) is 8.61. The molecule has 18 heavy (non-hydrogen) atoms. The molecule has 1 N–H and O–H groups in total. The number of hydrogen-bond acceptors (Lipinski definition) is 4. The highest BCUT2D eigenvalue weighted by Crippen LogP contribution is 2.00. The summed E-state index contributed by atoms with van der Waals surface area (Å²) in [5.41, 5.74) is -0.206. The Bertz CT molecular complexity index is 629. The number of carboxylic acids is 1. The molecule has 2 aromatic rings. The van der Waals surface area contributed by atoms with Gasteiger partial charge in [0.2, 0.25) is 0 Å². The lowest BCUT2D eigenvalue weighted by atomic mass is 10.3. The van der Waals surface area contributed by atoms with Gasteiger partial charge in [-0.1, -0.05) is 0 Å². The van der Waals surface area contributed by atoms with Crippen LogP contribution in [0.1, 0.15) is 23.1 Å². The first-order valence-corrected chi connectivity index (χ1v) is 5.42. The Morgan fingerprint density at radius 2 is 2.22 bits per heavy atom. The minimum Gasteiger partial charge on any atom is -0.478 e. The maximum absolute atomic E-state index is 11.6. The Kier molecular flexibility index (Phi) is 3.22. The van der Waals surface area contributed by atoms with E-state index in [1.165, 1.54) is 29.2 Å². The van der Waals surface area contributed by atoms with Crippen molar-refractivity contribution in [2.24, 2.45) is 0 Å². The van der Waals surface area contributed by atoms with E-state index in [9.17, 15) is 9.59 Å². The van der Waals surface area contributed by atoms with Crippen molar-refractivity contribution in [1.29, 1.82) is 0 Å². The van der Waals surface area contributed by atoms with Gasteiger partial charge < -0.3 is 9.67 Å². The number of nitrogens with zero attached hydrogens (tertiary/aromatic N) is 4. The quantitative estimate of drug-likeness (QED) is 0.835. The number of rotatable bonds is 4. The minimum absolute atomic E-state index is 0.0668. The van der Waals surface area contributed by atoms with Crippen molar-refractivity contribution in [2.45, 2.75) is 20.0 Å². The highest BCUT2D eigenvalue weighted by Gasteiger charge is 2.08. The Balaban J connectivity index is 2.37. The van der Waals surface area contributed by atoms with Crippen LogP contribution in [-0.4, -0.2) is 30.4 Å². The molecule has 0 fully saturated rings. The van der Waals surface area contributed by atoms with E-state index in [0.29, 0.717) is 12.4 Å². The van der Waals surface area contributed by atoms with Gasteiger partial charge >= 0.3 is 5.97 Å². The molecule has 0 unspecified atom stereocenters. The summed E-state index contributed by atoms with van der Waals surface area (Å²) in [5, 5.41) is 12.9. The molecule has 94 valence electrons. The smallest absolute Gasteiger partial charge is 0.337 e. The van der Waals surface area contributed by atoms with E-state index < -0.39 is 5.97 Å². The van der Waals surface area contributed by atoms with Crippen molar-refractivity contribution in [3.63, 3.8) is 0 Å². The number of hydrogen-bond donors (Lipinski definition) is 1. The van der Waals surface area contributed by atoms with Gasteiger partial charge in [-0.3, -0.25) is 4.79 Å². The predicted molar refractivity (Wildman–Crippen MR) is 62.5 cm³/mol. The Hall–Kier alpha value is -2.44. The second-order valence-electron chi connectivity index (χ2n) is 3.68. The van der Waals surface area contributed by atoms with Crippen LogP contribution in [0.5, 0.6) is 0 Å². The molecule has 2 rings (SSSR count). The van der Waals surface area contributed by atoms with Gasteiger partial charge in [0.05, 0.1) is 12.1 Å². The molecule has 7 heteroatoms. The maximum Gasteiger partial charge on any atom is 0.337 e. The van der Waals surface area contributed by atoms with Gasteiger partial charge in [-0.25, -0.2) is 14.5 Å². The lowest BCUT2D eigenvalue weighted by Gasteiger charge is -2.06. The van der Waals surface area contributed by atoms with Gasteiger partial charge in [-0.15, -0.1) is 0 Å². The molecule has 0 aliphatic rings. The van der Waals surface area contributed by atoms with Crippen molar-refractivity contribution in [2.75, 3.05) is 0 Å². The molecule has 2 aromatic heterocycles. The van der Waals surface area contributed by atoms with Crippen LogP contribution >= 0.6 is 0 Å². The van der Waals surface area contributed by atoms with Gasteiger partial charge in [0.25, 0.3) is 5.56 Å². The van der Waals surface area contributed by atoms with Crippen LogP contribution in [-0.2, 0) is 13.1 Å². The normalized spacial score (nSPS) is 10.5. The van der Waals surface area contributed by atoms with Crippen molar-refractivity contribution < 1.29 is 9.90 Å². The number of carboxylic acid groups (broad SMARTS) is 1. The van der Waals surface area contributed by atoms with E-state index in [1.807, 2.05) is 6.92 Å². The SMILES string of the molecule is CCn1ncnc1Cn1cc(C(=O)O)ccc1=O. The minimum atomic E-state index is -1.07. The Morgan fingerprint density at radius 1 is 1.44 bits per heavy atom. The van der Waals surface area contributed by atoms with Gasteiger partial charge in [-0.05, 0) is 13.0 Å². The van der Waals surface area contributed by atoms with Crippen LogP contribution in [0.2, 0.25) is 0 Å². The third-order valence-electron chi connectivity index (χ3n) is 2.54. The largest absolute Gasteiger partial charge is 0.478 e. The fourth-order valence-corrected chi connectivity index (χ4v) is 1.61. The zero-order valence-electron chi connectivity index (χ0n) is 9.78. The molecule has 0 aliphatic heterocycles. The van der Waals surface area contributed by atoms with Crippen molar-refractivity contribution in [3.8, 4) is 0 Å². The fraction of sp³-hybridized carbons (Fsp3) is 0.273. The summed E-state index contributed by atoms with van der Waals surface area (Å²) < 4.78 is 2.96. The molecule has 0 radical (unpaired) electrons. The molecule has 0 atom stereocenters. The van der Waals surface area contributed by atoms with E-state index in [4.69, 9.17) is 5.11 Å². The first kappa shape index (κ1) is 12.0. The van der Waals surface area contributed by atoms with Crippen molar-refractivity contribution in [3.05, 3.63) is 46.4 Å². The molecule has 0 amide bonds. The van der Waals surface area contributed by atoms with Crippen LogP contribution in [0, 0.1) is 0 Å². The molecule has 0 bridgehead atoms. The second kappa shape index (κ2) is 4.82. The second-order valence-corrected chi connectivity index (χ2v) is 3.68. The van der Waals surface area contributed by atoms with E-state index in [0.717, 1.165) is 0 Å². The standard InChI is InChI=1S/C11H12N4O3/c1-2-15-9(12-7-13-15)6-14-5-8(11(17)18)3-4-10(14)16/h3-5,7H,2,6H2,1H3,(H,17,18). The lowest BCUT2D eigenvalue weighted by Crippen LogP contribution is -2.22. The zero-order valence-corrected chi connectivity index (χ0v) is 9.78. The number of aromatic carboxylic acids is 1. The van der Waals surface area contributed by atoms with Crippen LogP contribution in [0.15, 0.2) is 29.5 Å². The van der Waals surface area contributed by atoms with Gasteiger partial charge in [0.1, 0.15) is 12.2 Å². The van der Waals surface area contributed by atoms with Gasteiger partial charge in [0.15, 0.2) is 0 Å². The average Bonchev–Trinajstić information content (AvgIpc) is 2.79. The number of aromatic nitrogens is 4. The molecular weight excluding hydrogens is 236 g/mol. The van der Waals surface area contributed by atoms with E-state index in [1.54, 1.807) is 4.68 Å². The van der Waals surface area contributed by atoms with E-state index in [2.05, 4.69) is 10.1 Å². The van der Waals surface area contributed by atoms with Crippen molar-refractivity contribution in [1.82, 2.24) is 19.3 Å². The molecule has 0 aliphatic carbocycles. The number of aryl methyl sites for hydroxylation is 1. The maximum atomic E-state index is 11.6. The third-order valence-corrected chi connectivity index (χ3v) is 2.54. The van der Waals surface area contributed by atoms with E-state index >= 15 is 0 Å². The predicted octanol–water partition coefficient (Wildman–Crippen LogP) is 0.206. The summed E-state index contributed by atoms with van der Waals surface area (Å²) >= 11 is 0. The molecule has 2 heterocycles. The zero-order chi connectivity index (χ0) is 13.1.